The Morgan fingerprint density at radius 2 is 2.50 bits per heavy atom. The first kappa shape index (κ1) is 9.72. The molecule has 2 N–H and O–H groups in total. The van der Waals surface area contributed by atoms with Gasteiger partial charge in [-0.05, 0) is 13.5 Å². The average molecular weight is 165 g/mol. The van der Waals surface area contributed by atoms with E-state index in [-0.39, 0.29) is 18.3 Å². The van der Waals surface area contributed by atoms with Crippen LogP contribution in [0.2, 0.25) is 0 Å². The smallest absolute Gasteiger partial charge is 0.220 e. The Morgan fingerprint density at radius 1 is 1.80 bits per heavy atom. The van der Waals surface area contributed by atoms with Crippen LogP contribution in [0.4, 0.5) is 0 Å². The van der Waals surface area contributed by atoms with Crippen LogP contribution in [0, 0.1) is 0 Å². The van der Waals surface area contributed by atoms with Gasteiger partial charge in [-0.3, -0.25) is 4.79 Å². The maximum atomic E-state index is 10.6. The SMILES string of the molecule is CNCC1CCC(=O)N1.Cl. The van der Waals surface area contributed by atoms with Crippen molar-refractivity contribution in [3.05, 3.63) is 0 Å². The Hall–Kier alpha value is -0.280. The summed E-state index contributed by atoms with van der Waals surface area (Å²) in [6.45, 7) is 0.895. The molecule has 3 nitrogen and oxygen atoms in total. The molecule has 1 heterocycles. The standard InChI is InChI=1S/C6H12N2O.ClH/c1-7-4-5-2-3-6(9)8-5;/h5,7H,2-4H2,1H3,(H,8,9);1H. The molecule has 0 aromatic heterocycles. The third-order valence-electron chi connectivity index (χ3n) is 1.54. The number of nitrogens with one attached hydrogen (secondary N) is 2. The Bertz CT molecular complexity index is 118. The summed E-state index contributed by atoms with van der Waals surface area (Å²) < 4.78 is 0. The van der Waals surface area contributed by atoms with Gasteiger partial charge in [-0.1, -0.05) is 0 Å². The Labute approximate surface area is 67.0 Å². The molecular formula is C6H13ClN2O. The molecule has 0 saturated carbocycles. The fourth-order valence-electron chi connectivity index (χ4n) is 1.08. The number of amides is 1. The molecule has 0 bridgehead atoms. The summed E-state index contributed by atoms with van der Waals surface area (Å²) in [5.74, 6) is 0.190. The topological polar surface area (TPSA) is 41.1 Å². The first-order valence-electron chi connectivity index (χ1n) is 3.27. The summed E-state index contributed by atoms with van der Waals surface area (Å²) in [7, 11) is 1.89. The summed E-state index contributed by atoms with van der Waals surface area (Å²) in [6, 6.07) is 0.377. The zero-order valence-corrected chi connectivity index (χ0v) is 6.83. The van der Waals surface area contributed by atoms with E-state index in [2.05, 4.69) is 10.6 Å². The minimum atomic E-state index is 0. The molecule has 1 rings (SSSR count). The van der Waals surface area contributed by atoms with Crippen LogP contribution in [0.15, 0.2) is 0 Å². The number of hydrogen-bond donors (Lipinski definition) is 2. The molecule has 0 aliphatic carbocycles. The molecule has 0 spiro atoms. The van der Waals surface area contributed by atoms with Crippen molar-refractivity contribution in [3.63, 3.8) is 0 Å². The highest BCUT2D eigenvalue weighted by Gasteiger charge is 2.18. The van der Waals surface area contributed by atoms with E-state index in [1.54, 1.807) is 0 Å². The largest absolute Gasteiger partial charge is 0.352 e. The summed E-state index contributed by atoms with van der Waals surface area (Å²) in [6.07, 6.45) is 1.69. The van der Waals surface area contributed by atoms with E-state index in [0.717, 1.165) is 13.0 Å². The molecule has 1 fully saturated rings. The summed E-state index contributed by atoms with van der Waals surface area (Å²) in [5.41, 5.74) is 0. The van der Waals surface area contributed by atoms with Crippen LogP contribution in [0.5, 0.6) is 0 Å². The van der Waals surface area contributed by atoms with Gasteiger partial charge in [-0.15, -0.1) is 12.4 Å². The second-order valence-corrected chi connectivity index (χ2v) is 2.36. The molecule has 1 atom stereocenters. The minimum Gasteiger partial charge on any atom is -0.352 e. The van der Waals surface area contributed by atoms with E-state index in [0.29, 0.717) is 12.5 Å². The molecule has 1 aliphatic rings. The number of rotatable bonds is 2. The van der Waals surface area contributed by atoms with Crippen molar-refractivity contribution in [2.24, 2.45) is 0 Å². The van der Waals surface area contributed by atoms with Crippen molar-refractivity contribution in [1.82, 2.24) is 10.6 Å². The van der Waals surface area contributed by atoms with Crippen LogP contribution < -0.4 is 10.6 Å². The molecule has 1 amide bonds. The third-order valence-corrected chi connectivity index (χ3v) is 1.54. The van der Waals surface area contributed by atoms with E-state index in [4.69, 9.17) is 0 Å². The Morgan fingerprint density at radius 3 is 2.90 bits per heavy atom. The predicted molar refractivity (Wildman–Crippen MR) is 42.3 cm³/mol. The molecule has 60 valence electrons. The van der Waals surface area contributed by atoms with Crippen molar-refractivity contribution < 1.29 is 4.79 Å². The quantitative estimate of drug-likeness (QED) is 0.599. The summed E-state index contributed by atoms with van der Waals surface area (Å²) >= 11 is 0. The fourth-order valence-corrected chi connectivity index (χ4v) is 1.08. The van der Waals surface area contributed by atoms with Gasteiger partial charge < -0.3 is 10.6 Å². The van der Waals surface area contributed by atoms with Crippen LogP contribution in [0.25, 0.3) is 0 Å². The molecule has 0 aromatic rings. The number of halogens is 1. The zero-order valence-electron chi connectivity index (χ0n) is 6.02. The lowest BCUT2D eigenvalue weighted by Crippen LogP contribution is -2.33. The highest BCUT2D eigenvalue weighted by Crippen LogP contribution is 2.04. The van der Waals surface area contributed by atoms with Gasteiger partial charge in [0.2, 0.25) is 5.91 Å². The number of carbonyl (C=O) groups is 1. The van der Waals surface area contributed by atoms with Crippen molar-refractivity contribution in [3.8, 4) is 0 Å². The molecule has 4 heteroatoms. The van der Waals surface area contributed by atoms with Gasteiger partial charge in [0.15, 0.2) is 0 Å². The summed E-state index contributed by atoms with van der Waals surface area (Å²) in [4.78, 5) is 10.6. The zero-order chi connectivity index (χ0) is 6.69. The van der Waals surface area contributed by atoms with Crippen molar-refractivity contribution in [1.29, 1.82) is 0 Å². The van der Waals surface area contributed by atoms with Crippen LogP contribution >= 0.6 is 12.4 Å². The monoisotopic (exact) mass is 164 g/mol. The minimum absolute atomic E-state index is 0. The molecule has 1 aliphatic heterocycles. The molecule has 1 saturated heterocycles. The van der Waals surface area contributed by atoms with Crippen molar-refractivity contribution in [2.45, 2.75) is 18.9 Å². The van der Waals surface area contributed by atoms with Crippen molar-refractivity contribution in [2.75, 3.05) is 13.6 Å². The first-order chi connectivity index (χ1) is 4.33. The predicted octanol–water partition coefficient (Wildman–Crippen LogP) is -0.0938. The second-order valence-electron chi connectivity index (χ2n) is 2.36. The first-order valence-corrected chi connectivity index (χ1v) is 3.27. The maximum Gasteiger partial charge on any atom is 0.220 e. The van der Waals surface area contributed by atoms with E-state index in [1.165, 1.54) is 0 Å². The highest BCUT2D eigenvalue weighted by atomic mass is 35.5. The highest BCUT2D eigenvalue weighted by molar-refractivity contribution is 5.85. The van der Waals surface area contributed by atoms with Crippen LogP contribution in [-0.4, -0.2) is 25.5 Å². The van der Waals surface area contributed by atoms with Crippen LogP contribution in [0.1, 0.15) is 12.8 Å². The van der Waals surface area contributed by atoms with Gasteiger partial charge in [0.05, 0.1) is 0 Å². The van der Waals surface area contributed by atoms with E-state index in [9.17, 15) is 4.79 Å². The lowest BCUT2D eigenvalue weighted by molar-refractivity contribution is -0.119. The number of carbonyl (C=O) groups excluding carboxylic acids is 1. The summed E-state index contributed by atoms with van der Waals surface area (Å²) in [5, 5.41) is 5.87. The molecule has 10 heavy (non-hydrogen) atoms. The van der Waals surface area contributed by atoms with Gasteiger partial charge in [0, 0.05) is 19.0 Å². The van der Waals surface area contributed by atoms with E-state index >= 15 is 0 Å². The van der Waals surface area contributed by atoms with Gasteiger partial charge in [-0.2, -0.15) is 0 Å². The lowest BCUT2D eigenvalue weighted by atomic mass is 10.2. The normalized spacial score (nSPS) is 23.7. The average Bonchev–Trinajstić information content (AvgIpc) is 2.17. The Kier molecular flexibility index (Phi) is 4.40. The maximum absolute atomic E-state index is 10.6. The molecular weight excluding hydrogens is 152 g/mol. The number of hydrogen-bond acceptors (Lipinski definition) is 2. The van der Waals surface area contributed by atoms with Gasteiger partial charge in [0.1, 0.15) is 0 Å². The van der Waals surface area contributed by atoms with Crippen molar-refractivity contribution >= 4 is 18.3 Å². The van der Waals surface area contributed by atoms with Gasteiger partial charge >= 0.3 is 0 Å². The fraction of sp³-hybridized carbons (Fsp3) is 0.833. The van der Waals surface area contributed by atoms with E-state index in [1.807, 2.05) is 7.05 Å². The van der Waals surface area contributed by atoms with Crippen LogP contribution in [0.3, 0.4) is 0 Å². The van der Waals surface area contributed by atoms with Crippen LogP contribution in [-0.2, 0) is 4.79 Å². The van der Waals surface area contributed by atoms with E-state index < -0.39 is 0 Å². The lowest BCUT2D eigenvalue weighted by Gasteiger charge is -2.06. The molecule has 0 radical (unpaired) electrons. The van der Waals surface area contributed by atoms with Gasteiger partial charge in [-0.25, -0.2) is 0 Å². The van der Waals surface area contributed by atoms with Gasteiger partial charge in [0.25, 0.3) is 0 Å². The molecule has 1 unspecified atom stereocenters. The Balaban J connectivity index is 0.000000810. The molecule has 0 aromatic carbocycles. The number of likely N-dealkylation sites (N-methyl/N-ethyl adjacent to an activating group) is 1. The third kappa shape index (κ3) is 2.54. The second kappa shape index (κ2) is 4.52.